The molecule has 1 N–H and O–H groups in total. The summed E-state index contributed by atoms with van der Waals surface area (Å²) in [5, 5.41) is 4.84. The van der Waals surface area contributed by atoms with Crippen molar-refractivity contribution in [3.8, 4) is 0 Å². The van der Waals surface area contributed by atoms with Gasteiger partial charge in [-0.05, 0) is 24.7 Å². The largest absolute Gasteiger partial charge is 0.342 e. The van der Waals surface area contributed by atoms with E-state index in [0.717, 1.165) is 49.5 Å². The molecule has 23 heavy (non-hydrogen) atoms. The number of rotatable bonds is 7. The van der Waals surface area contributed by atoms with Crippen LogP contribution in [-0.4, -0.2) is 44.3 Å². The van der Waals surface area contributed by atoms with E-state index in [2.05, 4.69) is 26.9 Å². The Kier molecular flexibility index (Phi) is 4.93. The monoisotopic (exact) mass is 335 g/mol. The lowest BCUT2D eigenvalue weighted by Gasteiger charge is -2.19. The van der Waals surface area contributed by atoms with Gasteiger partial charge in [0.1, 0.15) is 11.6 Å². The minimum absolute atomic E-state index is 0.249. The summed E-state index contributed by atoms with van der Waals surface area (Å²) in [7, 11) is 0. The van der Waals surface area contributed by atoms with Crippen molar-refractivity contribution in [1.29, 1.82) is 0 Å². The van der Waals surface area contributed by atoms with Crippen molar-refractivity contribution in [3.05, 3.63) is 47.3 Å². The zero-order valence-corrected chi connectivity index (χ0v) is 13.7. The Morgan fingerprint density at radius 2 is 2.22 bits per heavy atom. The Hall–Kier alpha value is -1.92. The smallest absolute Gasteiger partial charge is 0.125 e. The first-order valence-electron chi connectivity index (χ1n) is 7.68. The highest BCUT2D eigenvalue weighted by molar-refractivity contribution is 6.30. The molecule has 3 rings (SSSR count). The molecule has 2 heterocycles. The van der Waals surface area contributed by atoms with Crippen molar-refractivity contribution in [2.75, 3.05) is 19.6 Å². The van der Waals surface area contributed by atoms with Gasteiger partial charge >= 0.3 is 0 Å². The Balaban J connectivity index is 1.56. The van der Waals surface area contributed by atoms with Crippen LogP contribution in [0.5, 0.6) is 0 Å². The Labute approximate surface area is 139 Å². The minimum atomic E-state index is -0.249. The molecular formula is C16H19ClFN5. The third-order valence-electron chi connectivity index (χ3n) is 3.85. The summed E-state index contributed by atoms with van der Waals surface area (Å²) in [5.41, 5.74) is 1.55. The van der Waals surface area contributed by atoms with Crippen LogP contribution in [0.2, 0.25) is 5.02 Å². The zero-order valence-electron chi connectivity index (χ0n) is 13.0. The van der Waals surface area contributed by atoms with Crippen molar-refractivity contribution in [2.45, 2.75) is 19.9 Å². The van der Waals surface area contributed by atoms with Gasteiger partial charge in [-0.2, -0.15) is 5.10 Å². The van der Waals surface area contributed by atoms with Crippen molar-refractivity contribution in [3.63, 3.8) is 0 Å². The Morgan fingerprint density at radius 1 is 1.35 bits per heavy atom. The molecule has 0 spiro atoms. The zero-order chi connectivity index (χ0) is 16.2. The van der Waals surface area contributed by atoms with Crippen molar-refractivity contribution < 1.29 is 4.39 Å². The van der Waals surface area contributed by atoms with Crippen LogP contribution in [0.15, 0.2) is 30.6 Å². The maximum Gasteiger partial charge on any atom is 0.125 e. The fraction of sp³-hybridized carbons (Fsp3) is 0.375. The second kappa shape index (κ2) is 7.10. The third kappa shape index (κ3) is 4.09. The van der Waals surface area contributed by atoms with Gasteiger partial charge < -0.3 is 9.88 Å². The first kappa shape index (κ1) is 16.0. The van der Waals surface area contributed by atoms with Gasteiger partial charge in [-0.25, -0.2) is 9.37 Å². The topological polar surface area (TPSA) is 49.7 Å². The number of halogens is 2. The van der Waals surface area contributed by atoms with E-state index in [9.17, 15) is 4.39 Å². The lowest BCUT2D eigenvalue weighted by Crippen LogP contribution is -2.29. The maximum atomic E-state index is 13.2. The van der Waals surface area contributed by atoms with E-state index in [0.29, 0.717) is 5.02 Å². The molecule has 0 amide bonds. The van der Waals surface area contributed by atoms with E-state index < -0.39 is 0 Å². The molecule has 0 saturated heterocycles. The molecule has 5 nitrogen and oxygen atoms in total. The summed E-state index contributed by atoms with van der Waals surface area (Å²) < 4.78 is 15.0. The standard InChI is InChI=1S/C16H19ClFN5/c1-2-22(7-8-23-11-12(17)10-19-23)6-5-16-20-14-4-3-13(18)9-15(14)21-16/h3-4,9-11H,2,5-8H2,1H3,(H,20,21). The molecule has 0 radical (unpaired) electrons. The molecule has 0 bridgehead atoms. The number of nitrogens with zero attached hydrogens (tertiary/aromatic N) is 4. The summed E-state index contributed by atoms with van der Waals surface area (Å²) in [4.78, 5) is 10.0. The van der Waals surface area contributed by atoms with Gasteiger partial charge in [0.05, 0.1) is 28.8 Å². The van der Waals surface area contributed by atoms with Crippen LogP contribution < -0.4 is 0 Å². The number of hydrogen-bond donors (Lipinski definition) is 1. The number of aromatic nitrogens is 4. The first-order valence-corrected chi connectivity index (χ1v) is 8.06. The fourth-order valence-electron chi connectivity index (χ4n) is 2.55. The lowest BCUT2D eigenvalue weighted by atomic mass is 10.3. The van der Waals surface area contributed by atoms with Crippen molar-refractivity contribution in [1.82, 2.24) is 24.6 Å². The van der Waals surface area contributed by atoms with Crippen molar-refractivity contribution in [2.24, 2.45) is 0 Å². The van der Waals surface area contributed by atoms with Gasteiger partial charge in [0.15, 0.2) is 0 Å². The molecule has 0 atom stereocenters. The lowest BCUT2D eigenvalue weighted by molar-refractivity contribution is 0.273. The maximum absolute atomic E-state index is 13.2. The molecule has 0 aliphatic carbocycles. The fourth-order valence-corrected chi connectivity index (χ4v) is 2.71. The highest BCUT2D eigenvalue weighted by Gasteiger charge is 2.08. The molecule has 122 valence electrons. The highest BCUT2D eigenvalue weighted by atomic mass is 35.5. The number of fused-ring (bicyclic) bond motifs is 1. The molecule has 0 fully saturated rings. The molecule has 2 aromatic heterocycles. The van der Waals surface area contributed by atoms with Crippen LogP contribution in [0.25, 0.3) is 11.0 Å². The average molecular weight is 336 g/mol. The van der Waals surface area contributed by atoms with Crippen LogP contribution in [-0.2, 0) is 13.0 Å². The normalized spacial score (nSPS) is 11.7. The Bertz CT molecular complexity index is 782. The number of aromatic amines is 1. The number of imidazole rings is 1. The summed E-state index contributed by atoms with van der Waals surface area (Å²) in [5.74, 6) is 0.631. The van der Waals surface area contributed by atoms with Gasteiger partial charge in [-0.1, -0.05) is 18.5 Å². The molecule has 1 aromatic carbocycles. The number of likely N-dealkylation sites (N-methyl/N-ethyl adjacent to an activating group) is 1. The number of nitrogens with one attached hydrogen (secondary N) is 1. The van der Waals surface area contributed by atoms with Gasteiger partial charge in [-0.3, -0.25) is 4.68 Å². The minimum Gasteiger partial charge on any atom is -0.342 e. The molecule has 3 aromatic rings. The highest BCUT2D eigenvalue weighted by Crippen LogP contribution is 2.13. The van der Waals surface area contributed by atoms with Crippen LogP contribution in [0.4, 0.5) is 4.39 Å². The summed E-state index contributed by atoms with van der Waals surface area (Å²) in [6.07, 6.45) is 4.26. The molecule has 0 aliphatic rings. The van der Waals surface area contributed by atoms with E-state index in [1.54, 1.807) is 12.3 Å². The number of H-pyrrole nitrogens is 1. The molecule has 0 unspecified atom stereocenters. The van der Waals surface area contributed by atoms with E-state index >= 15 is 0 Å². The SMILES string of the molecule is CCN(CCc1nc2ccc(F)cc2[nH]1)CCn1cc(Cl)cn1. The van der Waals surface area contributed by atoms with Crippen LogP contribution in [0.1, 0.15) is 12.7 Å². The van der Waals surface area contributed by atoms with E-state index in [1.165, 1.54) is 12.1 Å². The van der Waals surface area contributed by atoms with E-state index in [-0.39, 0.29) is 5.82 Å². The second-order valence-corrected chi connectivity index (χ2v) is 5.89. The first-order chi connectivity index (χ1) is 11.1. The predicted octanol–water partition coefficient (Wildman–Crippen LogP) is 3.12. The summed E-state index contributed by atoms with van der Waals surface area (Å²) in [6, 6.07) is 4.61. The van der Waals surface area contributed by atoms with Crippen LogP contribution >= 0.6 is 11.6 Å². The third-order valence-corrected chi connectivity index (χ3v) is 4.05. The average Bonchev–Trinajstić information content (AvgIpc) is 3.12. The van der Waals surface area contributed by atoms with Gasteiger partial charge in [0.25, 0.3) is 0 Å². The van der Waals surface area contributed by atoms with Crippen LogP contribution in [0.3, 0.4) is 0 Å². The second-order valence-electron chi connectivity index (χ2n) is 5.45. The van der Waals surface area contributed by atoms with Gasteiger partial charge in [0, 0.05) is 25.7 Å². The van der Waals surface area contributed by atoms with Crippen LogP contribution in [0, 0.1) is 5.82 Å². The molecular weight excluding hydrogens is 317 g/mol. The van der Waals surface area contributed by atoms with Gasteiger partial charge in [-0.15, -0.1) is 0 Å². The predicted molar refractivity (Wildman–Crippen MR) is 89.1 cm³/mol. The number of hydrogen-bond acceptors (Lipinski definition) is 3. The quantitative estimate of drug-likeness (QED) is 0.721. The summed E-state index contributed by atoms with van der Waals surface area (Å²) >= 11 is 5.86. The molecule has 0 aliphatic heterocycles. The number of benzene rings is 1. The van der Waals surface area contributed by atoms with Gasteiger partial charge in [0.2, 0.25) is 0 Å². The molecule has 0 saturated carbocycles. The van der Waals surface area contributed by atoms with Crippen molar-refractivity contribution >= 4 is 22.6 Å². The van der Waals surface area contributed by atoms with E-state index in [1.807, 2.05) is 10.9 Å². The summed E-state index contributed by atoms with van der Waals surface area (Å²) in [6.45, 7) is 5.65. The Morgan fingerprint density at radius 3 is 2.96 bits per heavy atom. The molecule has 7 heteroatoms. The van der Waals surface area contributed by atoms with E-state index in [4.69, 9.17) is 11.6 Å².